The van der Waals surface area contributed by atoms with Gasteiger partial charge >= 0.3 is 11.9 Å². The maximum Gasteiger partial charge on any atom is 0.339 e. The molecule has 0 unspecified atom stereocenters. The smallest absolute Gasteiger partial charge is 0.339 e. The SMILES string of the molecule is C=C(C)C(=O)OCCCCCOc1ccccc1C(=O)O. The van der Waals surface area contributed by atoms with Crippen LogP contribution in [0.5, 0.6) is 5.75 Å². The molecule has 0 fully saturated rings. The molecule has 0 aliphatic carbocycles. The summed E-state index contributed by atoms with van der Waals surface area (Å²) in [6, 6.07) is 6.54. The maximum absolute atomic E-state index is 11.1. The second-order valence-electron chi connectivity index (χ2n) is 4.63. The molecule has 0 amide bonds. The summed E-state index contributed by atoms with van der Waals surface area (Å²) >= 11 is 0. The number of benzene rings is 1. The molecular formula is C16H20O5. The van der Waals surface area contributed by atoms with Crippen LogP contribution in [0, 0.1) is 0 Å². The fourth-order valence-corrected chi connectivity index (χ4v) is 1.62. The van der Waals surface area contributed by atoms with Gasteiger partial charge in [-0.15, -0.1) is 0 Å². The number of para-hydroxylation sites is 1. The summed E-state index contributed by atoms with van der Waals surface area (Å²) in [6.07, 6.45) is 2.33. The standard InChI is InChI=1S/C16H20O5/c1-12(2)16(19)21-11-7-3-6-10-20-14-9-5-4-8-13(14)15(17)18/h4-5,8-9H,1,3,6-7,10-11H2,2H3,(H,17,18). The third-order valence-corrected chi connectivity index (χ3v) is 2.75. The van der Waals surface area contributed by atoms with Crippen molar-refractivity contribution >= 4 is 11.9 Å². The van der Waals surface area contributed by atoms with Gasteiger partial charge in [-0.1, -0.05) is 18.7 Å². The molecule has 0 spiro atoms. The van der Waals surface area contributed by atoms with Crippen molar-refractivity contribution in [3.8, 4) is 5.75 Å². The van der Waals surface area contributed by atoms with E-state index < -0.39 is 5.97 Å². The van der Waals surface area contributed by atoms with Crippen molar-refractivity contribution in [3.63, 3.8) is 0 Å². The number of esters is 1. The first-order valence-electron chi connectivity index (χ1n) is 6.80. The van der Waals surface area contributed by atoms with E-state index in [2.05, 4.69) is 6.58 Å². The molecule has 0 aliphatic heterocycles. The highest BCUT2D eigenvalue weighted by molar-refractivity contribution is 5.90. The Labute approximate surface area is 124 Å². The molecule has 5 nitrogen and oxygen atoms in total. The van der Waals surface area contributed by atoms with Crippen LogP contribution in [-0.2, 0) is 9.53 Å². The van der Waals surface area contributed by atoms with Crippen molar-refractivity contribution in [1.29, 1.82) is 0 Å². The van der Waals surface area contributed by atoms with E-state index >= 15 is 0 Å². The molecule has 1 N–H and O–H groups in total. The van der Waals surface area contributed by atoms with Crippen molar-refractivity contribution in [2.45, 2.75) is 26.2 Å². The molecule has 0 aliphatic rings. The highest BCUT2D eigenvalue weighted by atomic mass is 16.5. The van der Waals surface area contributed by atoms with E-state index in [0.29, 0.717) is 24.5 Å². The van der Waals surface area contributed by atoms with Crippen LogP contribution in [0.1, 0.15) is 36.5 Å². The van der Waals surface area contributed by atoms with Crippen LogP contribution in [0.3, 0.4) is 0 Å². The number of hydrogen-bond donors (Lipinski definition) is 1. The number of carbonyl (C=O) groups is 2. The van der Waals surface area contributed by atoms with Gasteiger partial charge in [0.25, 0.3) is 0 Å². The minimum Gasteiger partial charge on any atom is -0.493 e. The van der Waals surface area contributed by atoms with E-state index in [-0.39, 0.29) is 11.5 Å². The van der Waals surface area contributed by atoms with Gasteiger partial charge in [0.1, 0.15) is 11.3 Å². The zero-order valence-electron chi connectivity index (χ0n) is 12.1. The van der Waals surface area contributed by atoms with Crippen molar-refractivity contribution in [2.75, 3.05) is 13.2 Å². The number of unbranched alkanes of at least 4 members (excludes halogenated alkanes) is 2. The van der Waals surface area contributed by atoms with Crippen LogP contribution < -0.4 is 4.74 Å². The molecule has 21 heavy (non-hydrogen) atoms. The zero-order valence-corrected chi connectivity index (χ0v) is 12.1. The fraction of sp³-hybridized carbons (Fsp3) is 0.375. The van der Waals surface area contributed by atoms with Gasteiger partial charge in [-0.25, -0.2) is 9.59 Å². The van der Waals surface area contributed by atoms with Gasteiger partial charge in [0.15, 0.2) is 0 Å². The van der Waals surface area contributed by atoms with Gasteiger partial charge in [-0.2, -0.15) is 0 Å². The molecule has 5 heteroatoms. The van der Waals surface area contributed by atoms with Gasteiger partial charge in [0, 0.05) is 5.57 Å². The first kappa shape index (κ1) is 16.8. The average molecular weight is 292 g/mol. The van der Waals surface area contributed by atoms with Gasteiger partial charge in [0.2, 0.25) is 0 Å². The number of hydrogen-bond acceptors (Lipinski definition) is 4. The molecule has 0 heterocycles. The Bertz CT molecular complexity index is 507. The largest absolute Gasteiger partial charge is 0.493 e. The summed E-state index contributed by atoms with van der Waals surface area (Å²) in [7, 11) is 0. The summed E-state index contributed by atoms with van der Waals surface area (Å²) < 4.78 is 10.4. The van der Waals surface area contributed by atoms with Gasteiger partial charge in [-0.3, -0.25) is 0 Å². The summed E-state index contributed by atoms with van der Waals surface area (Å²) in [5.41, 5.74) is 0.552. The van der Waals surface area contributed by atoms with Crippen molar-refractivity contribution in [2.24, 2.45) is 0 Å². The van der Waals surface area contributed by atoms with Crippen molar-refractivity contribution < 1.29 is 24.2 Å². The summed E-state index contributed by atoms with van der Waals surface area (Å²) in [6.45, 7) is 5.89. The van der Waals surface area contributed by atoms with Crippen molar-refractivity contribution in [3.05, 3.63) is 42.0 Å². The molecule has 0 radical (unpaired) electrons. The number of ether oxygens (including phenoxy) is 2. The molecular weight excluding hydrogens is 272 g/mol. The minimum atomic E-state index is -1.00. The summed E-state index contributed by atoms with van der Waals surface area (Å²) in [4.78, 5) is 22.1. The number of rotatable bonds is 9. The lowest BCUT2D eigenvalue weighted by Crippen LogP contribution is -2.07. The first-order valence-corrected chi connectivity index (χ1v) is 6.80. The van der Waals surface area contributed by atoms with Gasteiger partial charge < -0.3 is 14.6 Å². The molecule has 1 rings (SSSR count). The Morgan fingerprint density at radius 2 is 1.81 bits per heavy atom. The predicted octanol–water partition coefficient (Wildman–Crippen LogP) is 3.05. The second-order valence-corrected chi connectivity index (χ2v) is 4.63. The normalized spacial score (nSPS) is 9.95. The Hall–Kier alpha value is -2.30. The van der Waals surface area contributed by atoms with Crippen LogP contribution >= 0.6 is 0 Å². The van der Waals surface area contributed by atoms with Crippen LogP contribution in [0.15, 0.2) is 36.4 Å². The van der Waals surface area contributed by atoms with Crippen molar-refractivity contribution in [1.82, 2.24) is 0 Å². The van der Waals surface area contributed by atoms with E-state index in [0.717, 1.165) is 19.3 Å². The molecule has 1 aromatic carbocycles. The van der Waals surface area contributed by atoms with Crippen LogP contribution in [-0.4, -0.2) is 30.3 Å². The average Bonchev–Trinajstić information content (AvgIpc) is 2.46. The Balaban J connectivity index is 2.19. The molecule has 0 saturated heterocycles. The molecule has 0 atom stereocenters. The monoisotopic (exact) mass is 292 g/mol. The fourth-order valence-electron chi connectivity index (χ4n) is 1.62. The van der Waals surface area contributed by atoms with Crippen LogP contribution in [0.4, 0.5) is 0 Å². The van der Waals surface area contributed by atoms with E-state index in [1.165, 1.54) is 6.07 Å². The van der Waals surface area contributed by atoms with Gasteiger partial charge in [-0.05, 0) is 38.3 Å². The molecule has 0 saturated carbocycles. The van der Waals surface area contributed by atoms with E-state index in [9.17, 15) is 9.59 Å². The van der Waals surface area contributed by atoms with E-state index in [4.69, 9.17) is 14.6 Å². The zero-order chi connectivity index (χ0) is 15.7. The third kappa shape index (κ3) is 6.12. The first-order chi connectivity index (χ1) is 10.0. The number of carboxylic acids is 1. The highest BCUT2D eigenvalue weighted by Gasteiger charge is 2.09. The second kappa shape index (κ2) is 8.79. The summed E-state index contributed by atoms with van der Waals surface area (Å²) in [5.74, 6) is -1.00. The molecule has 0 bridgehead atoms. The van der Waals surface area contributed by atoms with E-state index in [1.54, 1.807) is 25.1 Å². The minimum absolute atomic E-state index is 0.160. The lowest BCUT2D eigenvalue weighted by molar-refractivity contribution is -0.139. The Kier molecular flexibility index (Phi) is 7.01. The number of aromatic carboxylic acids is 1. The number of carboxylic acid groups (broad SMARTS) is 1. The molecule has 0 aromatic heterocycles. The highest BCUT2D eigenvalue weighted by Crippen LogP contribution is 2.18. The predicted molar refractivity (Wildman–Crippen MR) is 78.5 cm³/mol. The Morgan fingerprint density at radius 1 is 1.14 bits per heavy atom. The topological polar surface area (TPSA) is 72.8 Å². The maximum atomic E-state index is 11.1. The van der Waals surface area contributed by atoms with Crippen LogP contribution in [0.2, 0.25) is 0 Å². The van der Waals surface area contributed by atoms with E-state index in [1.807, 2.05) is 0 Å². The lowest BCUT2D eigenvalue weighted by Gasteiger charge is -2.09. The van der Waals surface area contributed by atoms with Crippen LogP contribution in [0.25, 0.3) is 0 Å². The third-order valence-electron chi connectivity index (χ3n) is 2.75. The molecule has 114 valence electrons. The lowest BCUT2D eigenvalue weighted by atomic mass is 10.2. The molecule has 1 aromatic rings. The quantitative estimate of drug-likeness (QED) is 0.430. The number of carbonyl (C=O) groups excluding carboxylic acids is 1. The summed E-state index contributed by atoms with van der Waals surface area (Å²) in [5, 5.41) is 9.00. The Morgan fingerprint density at radius 3 is 2.48 bits per heavy atom. The van der Waals surface area contributed by atoms with Gasteiger partial charge in [0.05, 0.1) is 13.2 Å².